The smallest absolute Gasteiger partial charge is 0.129 e. The summed E-state index contributed by atoms with van der Waals surface area (Å²) in [5.41, 5.74) is 1.86. The fourth-order valence-corrected chi connectivity index (χ4v) is 2.85. The lowest BCUT2D eigenvalue weighted by atomic mass is 10.1. The van der Waals surface area contributed by atoms with E-state index in [2.05, 4.69) is 42.0 Å². The Morgan fingerprint density at radius 2 is 1.90 bits per heavy atom. The summed E-state index contributed by atoms with van der Waals surface area (Å²) >= 11 is 0. The minimum absolute atomic E-state index is 0.100. The van der Waals surface area contributed by atoms with Gasteiger partial charge in [0.1, 0.15) is 5.82 Å². The van der Waals surface area contributed by atoms with Gasteiger partial charge in [-0.05, 0) is 25.1 Å². The van der Waals surface area contributed by atoms with Crippen LogP contribution in [0.1, 0.15) is 32.8 Å². The number of anilines is 1. The average Bonchev–Trinajstić information content (AvgIpc) is 2.47. The van der Waals surface area contributed by atoms with Crippen LogP contribution in [0.25, 0.3) is 0 Å². The van der Waals surface area contributed by atoms with E-state index in [4.69, 9.17) is 0 Å². The van der Waals surface area contributed by atoms with Gasteiger partial charge in [0.05, 0.1) is 0 Å². The highest BCUT2D eigenvalue weighted by Crippen LogP contribution is 2.24. The van der Waals surface area contributed by atoms with E-state index in [1.54, 1.807) is 6.07 Å². The molecule has 21 heavy (non-hydrogen) atoms. The van der Waals surface area contributed by atoms with Crippen molar-refractivity contribution >= 4 is 5.69 Å². The summed E-state index contributed by atoms with van der Waals surface area (Å²) in [7, 11) is 0. The summed E-state index contributed by atoms with van der Waals surface area (Å²) in [6.45, 7) is 12.3. The monoisotopic (exact) mass is 293 g/mol. The summed E-state index contributed by atoms with van der Waals surface area (Å²) < 4.78 is 14.2. The van der Waals surface area contributed by atoms with E-state index < -0.39 is 0 Å². The molecule has 118 valence electrons. The first-order chi connectivity index (χ1) is 10.1. The van der Waals surface area contributed by atoms with Crippen molar-refractivity contribution in [3.63, 3.8) is 0 Å². The van der Waals surface area contributed by atoms with Crippen LogP contribution in [-0.4, -0.2) is 43.7 Å². The first-order valence-corrected chi connectivity index (χ1v) is 8.10. The van der Waals surface area contributed by atoms with E-state index in [-0.39, 0.29) is 5.82 Å². The first kappa shape index (κ1) is 16.2. The van der Waals surface area contributed by atoms with E-state index in [0.717, 1.165) is 37.4 Å². The molecule has 0 unspecified atom stereocenters. The number of nitrogens with one attached hydrogen (secondary N) is 1. The fourth-order valence-electron chi connectivity index (χ4n) is 2.85. The van der Waals surface area contributed by atoms with Crippen molar-refractivity contribution in [2.24, 2.45) is 0 Å². The van der Waals surface area contributed by atoms with E-state index in [1.165, 1.54) is 13.0 Å². The first-order valence-electron chi connectivity index (χ1n) is 8.10. The predicted octanol–water partition coefficient (Wildman–Crippen LogP) is 2.86. The van der Waals surface area contributed by atoms with Gasteiger partial charge in [0.2, 0.25) is 0 Å². The van der Waals surface area contributed by atoms with Crippen LogP contribution < -0.4 is 10.2 Å². The minimum atomic E-state index is -0.100. The van der Waals surface area contributed by atoms with Gasteiger partial charge in [0.15, 0.2) is 0 Å². The molecule has 1 aliphatic rings. The molecular formula is C17H28FN3. The third kappa shape index (κ3) is 4.42. The van der Waals surface area contributed by atoms with Crippen molar-refractivity contribution in [2.75, 3.05) is 37.6 Å². The standard InChI is InChI=1S/C17H28FN3/c1-4-8-20-9-11-21(12-10-20)17-7-5-6-16(18)15(17)13-19-14(2)3/h5-7,14,19H,4,8-13H2,1-3H3. The highest BCUT2D eigenvalue weighted by Gasteiger charge is 2.20. The Morgan fingerprint density at radius 1 is 1.19 bits per heavy atom. The van der Waals surface area contributed by atoms with Crippen molar-refractivity contribution in [1.29, 1.82) is 0 Å². The zero-order chi connectivity index (χ0) is 15.2. The van der Waals surface area contributed by atoms with Crippen LogP contribution in [-0.2, 0) is 6.54 Å². The molecule has 0 saturated carbocycles. The maximum atomic E-state index is 14.2. The zero-order valence-corrected chi connectivity index (χ0v) is 13.5. The third-order valence-electron chi connectivity index (χ3n) is 4.03. The molecule has 0 aromatic heterocycles. The van der Waals surface area contributed by atoms with E-state index in [9.17, 15) is 4.39 Å². The average molecular weight is 293 g/mol. The van der Waals surface area contributed by atoms with E-state index >= 15 is 0 Å². The number of nitrogens with zero attached hydrogens (tertiary/aromatic N) is 2. The Bertz CT molecular complexity index is 440. The summed E-state index contributed by atoms with van der Waals surface area (Å²) in [6, 6.07) is 5.80. The quantitative estimate of drug-likeness (QED) is 0.870. The van der Waals surface area contributed by atoms with E-state index in [0.29, 0.717) is 12.6 Å². The highest BCUT2D eigenvalue weighted by atomic mass is 19.1. The van der Waals surface area contributed by atoms with Crippen molar-refractivity contribution in [3.05, 3.63) is 29.6 Å². The number of hydrogen-bond acceptors (Lipinski definition) is 3. The molecule has 1 aromatic carbocycles. The zero-order valence-electron chi connectivity index (χ0n) is 13.5. The molecular weight excluding hydrogens is 265 g/mol. The van der Waals surface area contributed by atoms with Crippen molar-refractivity contribution in [3.8, 4) is 0 Å². The molecule has 2 rings (SSSR count). The van der Waals surface area contributed by atoms with Gasteiger partial charge in [0.25, 0.3) is 0 Å². The largest absolute Gasteiger partial charge is 0.369 e. The van der Waals surface area contributed by atoms with Gasteiger partial charge in [-0.2, -0.15) is 0 Å². The molecule has 4 heteroatoms. The lowest BCUT2D eigenvalue weighted by Gasteiger charge is -2.37. The SMILES string of the molecule is CCCN1CCN(c2cccc(F)c2CNC(C)C)CC1. The van der Waals surface area contributed by atoms with Crippen LogP contribution in [0.3, 0.4) is 0 Å². The van der Waals surface area contributed by atoms with Crippen LogP contribution in [0, 0.1) is 5.82 Å². The minimum Gasteiger partial charge on any atom is -0.369 e. The van der Waals surface area contributed by atoms with Crippen molar-refractivity contribution in [2.45, 2.75) is 39.8 Å². The molecule has 0 atom stereocenters. The Kier molecular flexibility index (Phi) is 6.00. The lowest BCUT2D eigenvalue weighted by molar-refractivity contribution is 0.258. The molecule has 1 aromatic rings. The number of benzene rings is 1. The van der Waals surface area contributed by atoms with Crippen molar-refractivity contribution < 1.29 is 4.39 Å². The normalized spacial score (nSPS) is 16.7. The lowest BCUT2D eigenvalue weighted by Crippen LogP contribution is -2.47. The number of hydrogen-bond donors (Lipinski definition) is 1. The number of piperazine rings is 1. The molecule has 0 spiro atoms. The summed E-state index contributed by atoms with van der Waals surface area (Å²) in [6.07, 6.45) is 1.20. The van der Waals surface area contributed by atoms with Crippen molar-refractivity contribution in [1.82, 2.24) is 10.2 Å². The van der Waals surface area contributed by atoms with Crippen LogP contribution in [0.15, 0.2) is 18.2 Å². The Hall–Kier alpha value is -1.13. The van der Waals surface area contributed by atoms with Gasteiger partial charge in [-0.1, -0.05) is 26.8 Å². The Morgan fingerprint density at radius 3 is 2.52 bits per heavy atom. The second kappa shape index (κ2) is 7.76. The van der Waals surface area contributed by atoms with Gasteiger partial charge in [-0.15, -0.1) is 0 Å². The second-order valence-corrected chi connectivity index (χ2v) is 6.10. The molecule has 1 heterocycles. The predicted molar refractivity (Wildman–Crippen MR) is 87.3 cm³/mol. The molecule has 0 aliphatic carbocycles. The molecule has 0 amide bonds. The maximum Gasteiger partial charge on any atom is 0.129 e. The summed E-state index contributed by atoms with van der Waals surface area (Å²) in [4.78, 5) is 4.81. The van der Waals surface area contributed by atoms with Gasteiger partial charge in [-0.3, -0.25) is 4.90 Å². The Labute approximate surface area is 128 Å². The van der Waals surface area contributed by atoms with Crippen LogP contribution in [0.4, 0.5) is 10.1 Å². The molecule has 1 fully saturated rings. The topological polar surface area (TPSA) is 18.5 Å². The highest BCUT2D eigenvalue weighted by molar-refractivity contribution is 5.54. The van der Waals surface area contributed by atoms with Crippen LogP contribution in [0.2, 0.25) is 0 Å². The molecule has 0 bridgehead atoms. The molecule has 1 aliphatic heterocycles. The Balaban J connectivity index is 2.07. The van der Waals surface area contributed by atoms with E-state index in [1.807, 2.05) is 6.07 Å². The summed E-state index contributed by atoms with van der Waals surface area (Å²) in [5, 5.41) is 3.33. The fraction of sp³-hybridized carbons (Fsp3) is 0.647. The second-order valence-electron chi connectivity index (χ2n) is 6.10. The molecule has 1 saturated heterocycles. The number of rotatable bonds is 6. The van der Waals surface area contributed by atoms with Crippen LogP contribution in [0.5, 0.6) is 0 Å². The van der Waals surface area contributed by atoms with Gasteiger partial charge in [0, 0.05) is 50.0 Å². The van der Waals surface area contributed by atoms with Crippen LogP contribution >= 0.6 is 0 Å². The maximum absolute atomic E-state index is 14.2. The van der Waals surface area contributed by atoms with Gasteiger partial charge >= 0.3 is 0 Å². The summed E-state index contributed by atoms with van der Waals surface area (Å²) in [5.74, 6) is -0.100. The van der Waals surface area contributed by atoms with Gasteiger partial charge < -0.3 is 10.2 Å². The molecule has 3 nitrogen and oxygen atoms in total. The molecule has 0 radical (unpaired) electrons. The molecule has 1 N–H and O–H groups in total. The third-order valence-corrected chi connectivity index (χ3v) is 4.03. The number of halogens is 1. The van der Waals surface area contributed by atoms with Gasteiger partial charge in [-0.25, -0.2) is 4.39 Å².